The molecule has 0 saturated heterocycles. The van der Waals surface area contributed by atoms with E-state index in [9.17, 15) is 4.79 Å². The van der Waals surface area contributed by atoms with E-state index in [1.807, 2.05) is 14.1 Å². The van der Waals surface area contributed by atoms with E-state index in [4.69, 9.17) is 4.74 Å². The van der Waals surface area contributed by atoms with Gasteiger partial charge in [0.05, 0.1) is 12.2 Å². The monoisotopic (exact) mass is 208 g/mol. The van der Waals surface area contributed by atoms with Crippen LogP contribution in [0.1, 0.15) is 16.8 Å². The van der Waals surface area contributed by atoms with E-state index >= 15 is 0 Å². The quantitative estimate of drug-likeness (QED) is 0.538. The maximum absolute atomic E-state index is 11.4. The van der Waals surface area contributed by atoms with Crippen LogP contribution in [0.5, 0.6) is 0 Å². The Balaban J connectivity index is 2.25. The van der Waals surface area contributed by atoms with Crippen LogP contribution in [0.25, 0.3) is 0 Å². The molecule has 1 heterocycles. The zero-order chi connectivity index (χ0) is 11.1. The average Bonchev–Trinajstić information content (AvgIpc) is 2.25. The van der Waals surface area contributed by atoms with Crippen LogP contribution in [0.15, 0.2) is 24.5 Å². The first-order valence-electron chi connectivity index (χ1n) is 4.92. The molecule has 1 aromatic rings. The number of carbonyl (C=O) groups is 1. The molecule has 0 amide bonds. The molecule has 0 aromatic carbocycles. The fraction of sp³-hybridized carbons (Fsp3) is 0.455. The molecule has 0 spiro atoms. The molecule has 0 saturated carbocycles. The number of hydrogen-bond donors (Lipinski definition) is 0. The number of esters is 1. The van der Waals surface area contributed by atoms with Crippen LogP contribution in [0, 0.1) is 0 Å². The summed E-state index contributed by atoms with van der Waals surface area (Å²) < 4.78 is 5.07. The van der Waals surface area contributed by atoms with E-state index in [1.54, 1.807) is 18.3 Å². The van der Waals surface area contributed by atoms with Crippen molar-refractivity contribution in [2.75, 3.05) is 27.2 Å². The first-order chi connectivity index (χ1) is 7.20. The maximum atomic E-state index is 11.4. The summed E-state index contributed by atoms with van der Waals surface area (Å²) in [5, 5.41) is 0. The average molecular weight is 208 g/mol. The van der Waals surface area contributed by atoms with Crippen molar-refractivity contribution in [1.29, 1.82) is 0 Å². The van der Waals surface area contributed by atoms with E-state index in [1.165, 1.54) is 6.20 Å². The van der Waals surface area contributed by atoms with Gasteiger partial charge in [-0.05, 0) is 32.6 Å². The smallest absolute Gasteiger partial charge is 0.339 e. The summed E-state index contributed by atoms with van der Waals surface area (Å²) in [5.74, 6) is -0.304. The number of rotatable bonds is 5. The van der Waals surface area contributed by atoms with Crippen LogP contribution in [0.2, 0.25) is 0 Å². The molecule has 4 nitrogen and oxygen atoms in total. The Morgan fingerprint density at radius 1 is 1.53 bits per heavy atom. The topological polar surface area (TPSA) is 42.4 Å². The van der Waals surface area contributed by atoms with Crippen molar-refractivity contribution >= 4 is 5.97 Å². The first-order valence-corrected chi connectivity index (χ1v) is 4.92. The van der Waals surface area contributed by atoms with E-state index in [-0.39, 0.29) is 5.97 Å². The molecule has 82 valence electrons. The number of nitrogens with zero attached hydrogens (tertiary/aromatic N) is 2. The molecular weight excluding hydrogens is 192 g/mol. The summed E-state index contributed by atoms with van der Waals surface area (Å²) in [5.41, 5.74) is 0.502. The predicted octanol–water partition coefficient (Wildman–Crippen LogP) is 1.19. The van der Waals surface area contributed by atoms with Gasteiger partial charge in [-0.15, -0.1) is 0 Å². The van der Waals surface area contributed by atoms with Gasteiger partial charge < -0.3 is 9.64 Å². The van der Waals surface area contributed by atoms with Gasteiger partial charge in [-0.1, -0.05) is 0 Å². The van der Waals surface area contributed by atoms with Crippen LogP contribution < -0.4 is 0 Å². The van der Waals surface area contributed by atoms with Crippen molar-refractivity contribution in [2.45, 2.75) is 6.42 Å². The molecule has 0 fully saturated rings. The lowest BCUT2D eigenvalue weighted by Gasteiger charge is -2.09. The minimum absolute atomic E-state index is 0.304. The van der Waals surface area contributed by atoms with E-state index in [0.29, 0.717) is 12.2 Å². The van der Waals surface area contributed by atoms with Gasteiger partial charge in [-0.3, -0.25) is 4.98 Å². The van der Waals surface area contributed by atoms with Gasteiger partial charge in [0.25, 0.3) is 0 Å². The van der Waals surface area contributed by atoms with E-state index in [2.05, 4.69) is 9.88 Å². The normalized spacial score (nSPS) is 10.3. The number of pyridine rings is 1. The number of hydrogen-bond acceptors (Lipinski definition) is 4. The van der Waals surface area contributed by atoms with Crippen LogP contribution in [0.3, 0.4) is 0 Å². The molecular formula is C11H16N2O2. The third-order valence-electron chi connectivity index (χ3n) is 1.88. The summed E-state index contributed by atoms with van der Waals surface area (Å²) in [7, 11) is 3.98. The van der Waals surface area contributed by atoms with Gasteiger partial charge in [-0.2, -0.15) is 0 Å². The van der Waals surface area contributed by atoms with Crippen molar-refractivity contribution in [3.63, 3.8) is 0 Å². The molecule has 0 aliphatic rings. The first kappa shape index (κ1) is 11.7. The zero-order valence-corrected chi connectivity index (χ0v) is 9.14. The third kappa shape index (κ3) is 4.56. The molecule has 4 heteroatoms. The molecule has 0 unspecified atom stereocenters. The Labute approximate surface area is 89.9 Å². The van der Waals surface area contributed by atoms with Gasteiger partial charge in [-0.25, -0.2) is 4.79 Å². The molecule has 0 radical (unpaired) electrons. The third-order valence-corrected chi connectivity index (χ3v) is 1.88. The highest BCUT2D eigenvalue weighted by atomic mass is 16.5. The molecule has 0 N–H and O–H groups in total. The summed E-state index contributed by atoms with van der Waals surface area (Å²) >= 11 is 0. The second-order valence-electron chi connectivity index (χ2n) is 3.53. The Morgan fingerprint density at radius 3 is 2.93 bits per heavy atom. The second kappa shape index (κ2) is 6.14. The Hall–Kier alpha value is -1.42. The van der Waals surface area contributed by atoms with Crippen LogP contribution >= 0.6 is 0 Å². The van der Waals surface area contributed by atoms with Crippen LogP contribution in [-0.2, 0) is 4.74 Å². The van der Waals surface area contributed by atoms with Crippen molar-refractivity contribution < 1.29 is 9.53 Å². The fourth-order valence-electron chi connectivity index (χ4n) is 1.11. The minimum Gasteiger partial charge on any atom is -0.462 e. The molecule has 0 bridgehead atoms. The summed E-state index contributed by atoms with van der Waals surface area (Å²) in [6, 6.07) is 3.41. The van der Waals surface area contributed by atoms with Gasteiger partial charge in [0, 0.05) is 18.9 Å². The highest BCUT2D eigenvalue weighted by molar-refractivity contribution is 5.88. The molecule has 0 aliphatic heterocycles. The Morgan fingerprint density at radius 2 is 2.33 bits per heavy atom. The molecule has 1 aromatic heterocycles. The lowest BCUT2D eigenvalue weighted by atomic mass is 10.3. The molecule has 0 aliphatic carbocycles. The predicted molar refractivity (Wildman–Crippen MR) is 57.7 cm³/mol. The summed E-state index contributed by atoms with van der Waals surface area (Å²) in [4.78, 5) is 17.3. The van der Waals surface area contributed by atoms with Crippen molar-refractivity contribution in [3.05, 3.63) is 30.1 Å². The summed E-state index contributed by atoms with van der Waals surface area (Å²) in [6.07, 6.45) is 3.98. The van der Waals surface area contributed by atoms with Gasteiger partial charge in [0.1, 0.15) is 0 Å². The van der Waals surface area contributed by atoms with Crippen LogP contribution in [0.4, 0.5) is 0 Å². The SMILES string of the molecule is CN(C)CCCOC(=O)c1cccnc1. The van der Waals surface area contributed by atoms with Crippen molar-refractivity contribution in [1.82, 2.24) is 9.88 Å². The van der Waals surface area contributed by atoms with Gasteiger partial charge in [0.2, 0.25) is 0 Å². The highest BCUT2D eigenvalue weighted by Crippen LogP contribution is 1.99. The lowest BCUT2D eigenvalue weighted by molar-refractivity contribution is 0.0493. The fourth-order valence-corrected chi connectivity index (χ4v) is 1.11. The maximum Gasteiger partial charge on any atom is 0.339 e. The largest absolute Gasteiger partial charge is 0.462 e. The van der Waals surface area contributed by atoms with Gasteiger partial charge >= 0.3 is 5.97 Å². The van der Waals surface area contributed by atoms with E-state index < -0.39 is 0 Å². The van der Waals surface area contributed by atoms with Crippen LogP contribution in [-0.4, -0.2) is 43.1 Å². The van der Waals surface area contributed by atoms with E-state index in [0.717, 1.165) is 13.0 Å². The molecule has 15 heavy (non-hydrogen) atoms. The second-order valence-corrected chi connectivity index (χ2v) is 3.53. The number of ether oxygens (including phenoxy) is 1. The standard InChI is InChI=1S/C11H16N2O2/c1-13(2)7-4-8-15-11(14)10-5-3-6-12-9-10/h3,5-6,9H,4,7-8H2,1-2H3. The molecule has 1 rings (SSSR count). The number of aromatic nitrogens is 1. The minimum atomic E-state index is -0.304. The zero-order valence-electron chi connectivity index (χ0n) is 9.14. The van der Waals surface area contributed by atoms with Crippen molar-refractivity contribution in [2.24, 2.45) is 0 Å². The number of carbonyl (C=O) groups excluding carboxylic acids is 1. The Bertz CT molecular complexity index is 299. The van der Waals surface area contributed by atoms with Gasteiger partial charge in [0.15, 0.2) is 0 Å². The Kier molecular flexibility index (Phi) is 4.77. The lowest BCUT2D eigenvalue weighted by Crippen LogP contribution is -2.16. The highest BCUT2D eigenvalue weighted by Gasteiger charge is 2.05. The molecule has 0 atom stereocenters. The summed E-state index contributed by atoms with van der Waals surface area (Å²) in [6.45, 7) is 1.37. The van der Waals surface area contributed by atoms with Crippen molar-refractivity contribution in [3.8, 4) is 0 Å².